The number of carbonyl (C=O) groups excluding carboxylic acids is 2. The van der Waals surface area contributed by atoms with Gasteiger partial charge in [0.05, 0.1) is 5.69 Å². The number of nitrogens with zero attached hydrogens (tertiary/aromatic N) is 2. The molecule has 2 amide bonds. The monoisotopic (exact) mass is 443 g/mol. The number of rotatable bonds is 3. The van der Waals surface area contributed by atoms with Crippen molar-refractivity contribution in [3.05, 3.63) is 87.7 Å². The van der Waals surface area contributed by atoms with Crippen LogP contribution in [0.1, 0.15) is 33.6 Å². The Balaban J connectivity index is 1.80. The maximum Gasteiger partial charge on any atom is 0.270 e. The molecule has 1 fully saturated rings. The summed E-state index contributed by atoms with van der Waals surface area (Å²) in [7, 11) is 0. The first-order chi connectivity index (χ1) is 15.2. The molecule has 1 saturated heterocycles. The predicted molar refractivity (Wildman–Crippen MR) is 132 cm³/mol. The molecular formula is C26H25N3O2S. The van der Waals surface area contributed by atoms with Crippen molar-refractivity contribution in [1.82, 2.24) is 9.88 Å². The summed E-state index contributed by atoms with van der Waals surface area (Å²) in [4.78, 5) is 27.6. The lowest BCUT2D eigenvalue weighted by molar-refractivity contribution is -0.122. The number of carbonyl (C=O) groups is 2. The molecule has 0 radical (unpaired) electrons. The maximum absolute atomic E-state index is 13.4. The smallest absolute Gasteiger partial charge is 0.270 e. The molecule has 0 atom stereocenters. The Labute approximate surface area is 193 Å². The maximum atomic E-state index is 13.4. The van der Waals surface area contributed by atoms with Gasteiger partial charge in [0.25, 0.3) is 11.8 Å². The van der Waals surface area contributed by atoms with Gasteiger partial charge in [0.15, 0.2) is 5.11 Å². The second kappa shape index (κ2) is 8.20. The van der Waals surface area contributed by atoms with E-state index in [1.54, 1.807) is 6.08 Å². The number of hydrogen-bond acceptors (Lipinski definition) is 3. The van der Waals surface area contributed by atoms with Crippen LogP contribution in [0.5, 0.6) is 0 Å². The van der Waals surface area contributed by atoms with Crippen molar-refractivity contribution in [2.24, 2.45) is 0 Å². The lowest BCUT2D eigenvalue weighted by atomic mass is 10.0. The Bertz CT molecular complexity index is 1320. The van der Waals surface area contributed by atoms with Gasteiger partial charge in [-0.25, -0.2) is 0 Å². The molecule has 0 aliphatic carbocycles. The van der Waals surface area contributed by atoms with Crippen LogP contribution in [0, 0.1) is 34.6 Å². The van der Waals surface area contributed by atoms with E-state index in [0.717, 1.165) is 39.3 Å². The third-order valence-corrected chi connectivity index (χ3v) is 6.12. The van der Waals surface area contributed by atoms with Crippen molar-refractivity contribution in [3.63, 3.8) is 0 Å². The SMILES string of the molecule is Cc1ccc(C)c(N2C(=O)/C(=C/c3cc(C)n(-c4ccccc4C)c3C)C(=O)NC2=S)c1. The van der Waals surface area contributed by atoms with Gasteiger partial charge in [0.2, 0.25) is 0 Å². The van der Waals surface area contributed by atoms with Crippen LogP contribution in [-0.2, 0) is 9.59 Å². The first-order valence-electron chi connectivity index (χ1n) is 10.4. The van der Waals surface area contributed by atoms with Gasteiger partial charge in [-0.2, -0.15) is 0 Å². The quantitative estimate of drug-likeness (QED) is 0.358. The second-order valence-corrected chi connectivity index (χ2v) is 8.58. The van der Waals surface area contributed by atoms with Gasteiger partial charge in [-0.3, -0.25) is 19.8 Å². The zero-order chi connectivity index (χ0) is 23.2. The Kier molecular flexibility index (Phi) is 5.57. The molecular weight excluding hydrogens is 418 g/mol. The van der Waals surface area contributed by atoms with Gasteiger partial charge in [-0.05, 0) is 93.4 Å². The molecule has 3 aromatic rings. The number of nitrogens with one attached hydrogen (secondary N) is 1. The summed E-state index contributed by atoms with van der Waals surface area (Å²) in [6, 6.07) is 15.9. The van der Waals surface area contributed by atoms with E-state index in [2.05, 4.69) is 28.9 Å². The van der Waals surface area contributed by atoms with Crippen molar-refractivity contribution in [1.29, 1.82) is 0 Å². The van der Waals surface area contributed by atoms with Gasteiger partial charge in [-0.1, -0.05) is 30.3 Å². The molecule has 1 N–H and O–H groups in total. The zero-order valence-electron chi connectivity index (χ0n) is 18.8. The summed E-state index contributed by atoms with van der Waals surface area (Å²) in [5, 5.41) is 2.77. The van der Waals surface area contributed by atoms with Crippen LogP contribution in [-0.4, -0.2) is 21.5 Å². The molecule has 2 aromatic carbocycles. The van der Waals surface area contributed by atoms with Crippen molar-refractivity contribution in [2.75, 3.05) is 4.90 Å². The topological polar surface area (TPSA) is 54.3 Å². The van der Waals surface area contributed by atoms with Gasteiger partial charge in [0.1, 0.15) is 5.57 Å². The van der Waals surface area contributed by atoms with Crippen LogP contribution >= 0.6 is 12.2 Å². The Hall–Kier alpha value is -3.51. The van der Waals surface area contributed by atoms with Crippen molar-refractivity contribution in [3.8, 4) is 5.69 Å². The summed E-state index contributed by atoms with van der Waals surface area (Å²) in [5.41, 5.74) is 7.66. The van der Waals surface area contributed by atoms with E-state index in [0.29, 0.717) is 5.69 Å². The highest BCUT2D eigenvalue weighted by atomic mass is 32.1. The fourth-order valence-corrected chi connectivity index (χ4v) is 4.38. The van der Waals surface area contributed by atoms with E-state index in [1.807, 2.05) is 64.1 Å². The highest BCUT2D eigenvalue weighted by Crippen LogP contribution is 2.28. The molecule has 5 nitrogen and oxygen atoms in total. The summed E-state index contributed by atoms with van der Waals surface area (Å²) < 4.78 is 2.14. The second-order valence-electron chi connectivity index (χ2n) is 8.20. The minimum atomic E-state index is -0.484. The third kappa shape index (κ3) is 3.67. The molecule has 0 saturated carbocycles. The summed E-state index contributed by atoms with van der Waals surface area (Å²) in [6.45, 7) is 9.94. The molecule has 0 spiro atoms. The highest BCUT2D eigenvalue weighted by Gasteiger charge is 2.35. The molecule has 0 bridgehead atoms. The number of para-hydroxylation sites is 1. The lowest BCUT2D eigenvalue weighted by Gasteiger charge is -2.30. The number of hydrogen-bond donors (Lipinski definition) is 1. The molecule has 0 unspecified atom stereocenters. The number of aromatic nitrogens is 1. The Morgan fingerprint density at radius 1 is 0.875 bits per heavy atom. The fraction of sp³-hybridized carbons (Fsp3) is 0.192. The van der Waals surface area contributed by atoms with Crippen molar-refractivity contribution < 1.29 is 9.59 Å². The van der Waals surface area contributed by atoms with E-state index >= 15 is 0 Å². The van der Waals surface area contributed by atoms with E-state index in [4.69, 9.17) is 12.2 Å². The van der Waals surface area contributed by atoms with Crippen LogP contribution in [0.3, 0.4) is 0 Å². The largest absolute Gasteiger partial charge is 0.318 e. The minimum absolute atomic E-state index is 0.0598. The van der Waals surface area contributed by atoms with Gasteiger partial charge in [-0.15, -0.1) is 0 Å². The molecule has 4 rings (SSSR count). The fourth-order valence-electron chi connectivity index (χ4n) is 4.11. The highest BCUT2D eigenvalue weighted by molar-refractivity contribution is 7.80. The van der Waals surface area contributed by atoms with Crippen LogP contribution in [0.15, 0.2) is 54.1 Å². The van der Waals surface area contributed by atoms with Crippen molar-refractivity contribution >= 4 is 40.9 Å². The predicted octanol–water partition coefficient (Wildman–Crippen LogP) is 4.85. The van der Waals surface area contributed by atoms with E-state index in [1.165, 1.54) is 4.90 Å². The van der Waals surface area contributed by atoms with Gasteiger partial charge >= 0.3 is 0 Å². The van der Waals surface area contributed by atoms with E-state index in [-0.39, 0.29) is 10.7 Å². The minimum Gasteiger partial charge on any atom is -0.318 e. The molecule has 162 valence electrons. The van der Waals surface area contributed by atoms with Crippen molar-refractivity contribution in [2.45, 2.75) is 34.6 Å². The number of benzene rings is 2. The summed E-state index contributed by atoms with van der Waals surface area (Å²) in [5.74, 6) is -0.907. The molecule has 2 heterocycles. The zero-order valence-corrected chi connectivity index (χ0v) is 19.6. The Morgan fingerprint density at radius 3 is 2.28 bits per heavy atom. The van der Waals surface area contributed by atoms with Gasteiger partial charge < -0.3 is 4.57 Å². The molecule has 1 aromatic heterocycles. The molecule has 6 heteroatoms. The number of aryl methyl sites for hydroxylation is 4. The summed E-state index contributed by atoms with van der Waals surface area (Å²) >= 11 is 5.35. The molecule has 1 aliphatic rings. The average molecular weight is 444 g/mol. The van der Waals surface area contributed by atoms with Crippen LogP contribution in [0.25, 0.3) is 11.8 Å². The summed E-state index contributed by atoms with van der Waals surface area (Å²) in [6.07, 6.45) is 1.66. The van der Waals surface area contributed by atoms with Crippen LogP contribution < -0.4 is 10.2 Å². The average Bonchev–Trinajstić information content (AvgIpc) is 3.01. The molecule has 1 aliphatic heterocycles. The lowest BCUT2D eigenvalue weighted by Crippen LogP contribution is -2.54. The van der Waals surface area contributed by atoms with E-state index < -0.39 is 11.8 Å². The standard InChI is InChI=1S/C26H25N3O2S/c1-15-10-11-17(3)23(12-15)29-25(31)21(24(30)27-26(29)32)14-20-13-18(4)28(19(20)5)22-9-7-6-8-16(22)2/h6-14H,1-5H3,(H,27,30,32)/b21-14+. The first kappa shape index (κ1) is 21.7. The number of amides is 2. The first-order valence-corrected chi connectivity index (χ1v) is 10.8. The Morgan fingerprint density at radius 2 is 1.56 bits per heavy atom. The normalized spacial score (nSPS) is 15.5. The van der Waals surface area contributed by atoms with Crippen LogP contribution in [0.2, 0.25) is 0 Å². The molecule has 32 heavy (non-hydrogen) atoms. The van der Waals surface area contributed by atoms with Gasteiger partial charge in [0, 0.05) is 17.1 Å². The van der Waals surface area contributed by atoms with E-state index in [9.17, 15) is 9.59 Å². The number of thiocarbonyl (C=S) groups is 1. The number of anilines is 1. The van der Waals surface area contributed by atoms with Crippen LogP contribution in [0.4, 0.5) is 5.69 Å². The third-order valence-electron chi connectivity index (χ3n) is 5.83.